The van der Waals surface area contributed by atoms with Gasteiger partial charge in [0, 0.05) is 37.6 Å². The standard InChI is InChI=1S/C14H22N2OS/c1-11-9-14(18-2)12(10-13(11)17)3-6-16-7-4-15-5-8-16/h9-10,15,17H,3-8H2,1-2H3. The van der Waals surface area contributed by atoms with E-state index >= 15 is 0 Å². The molecule has 1 aliphatic heterocycles. The van der Waals surface area contributed by atoms with E-state index < -0.39 is 0 Å². The molecule has 100 valence electrons. The average molecular weight is 266 g/mol. The van der Waals surface area contributed by atoms with Crippen LogP contribution in [0.5, 0.6) is 5.75 Å². The highest BCUT2D eigenvalue weighted by Crippen LogP contribution is 2.28. The van der Waals surface area contributed by atoms with E-state index in [4.69, 9.17) is 0 Å². The third kappa shape index (κ3) is 3.40. The fourth-order valence-electron chi connectivity index (χ4n) is 2.31. The maximum Gasteiger partial charge on any atom is 0.118 e. The second-order valence-corrected chi connectivity index (χ2v) is 5.64. The zero-order valence-corrected chi connectivity index (χ0v) is 12.0. The first-order valence-electron chi connectivity index (χ1n) is 6.50. The highest BCUT2D eigenvalue weighted by molar-refractivity contribution is 7.98. The number of phenolic OH excluding ortho intramolecular Hbond substituents is 1. The molecule has 0 bridgehead atoms. The normalized spacial score (nSPS) is 17.0. The number of nitrogens with zero attached hydrogens (tertiary/aromatic N) is 1. The number of benzene rings is 1. The average Bonchev–Trinajstić information content (AvgIpc) is 2.41. The van der Waals surface area contributed by atoms with E-state index in [2.05, 4.69) is 22.5 Å². The molecule has 1 saturated heterocycles. The van der Waals surface area contributed by atoms with Gasteiger partial charge in [0.15, 0.2) is 0 Å². The van der Waals surface area contributed by atoms with Crippen LogP contribution in [0.1, 0.15) is 11.1 Å². The highest BCUT2D eigenvalue weighted by atomic mass is 32.2. The van der Waals surface area contributed by atoms with Crippen molar-refractivity contribution in [2.24, 2.45) is 0 Å². The molecule has 0 saturated carbocycles. The Bertz CT molecular complexity index is 403. The molecular formula is C14H22N2OS. The van der Waals surface area contributed by atoms with Crippen molar-refractivity contribution in [1.29, 1.82) is 0 Å². The third-order valence-electron chi connectivity index (χ3n) is 3.51. The molecular weight excluding hydrogens is 244 g/mol. The van der Waals surface area contributed by atoms with Crippen molar-refractivity contribution < 1.29 is 5.11 Å². The lowest BCUT2D eigenvalue weighted by molar-refractivity contribution is 0.243. The van der Waals surface area contributed by atoms with Crippen molar-refractivity contribution in [2.45, 2.75) is 18.2 Å². The molecule has 0 aliphatic carbocycles. The molecule has 3 nitrogen and oxygen atoms in total. The Morgan fingerprint density at radius 2 is 2.06 bits per heavy atom. The van der Waals surface area contributed by atoms with E-state index in [9.17, 15) is 5.11 Å². The minimum atomic E-state index is 0.420. The Labute approximate surface area is 114 Å². The second kappa shape index (κ2) is 6.45. The van der Waals surface area contributed by atoms with Crippen LogP contribution in [0.4, 0.5) is 0 Å². The fourth-order valence-corrected chi connectivity index (χ4v) is 3.03. The monoisotopic (exact) mass is 266 g/mol. The van der Waals surface area contributed by atoms with Crippen LogP contribution in [0.2, 0.25) is 0 Å². The first kappa shape index (κ1) is 13.7. The highest BCUT2D eigenvalue weighted by Gasteiger charge is 2.11. The van der Waals surface area contributed by atoms with Gasteiger partial charge >= 0.3 is 0 Å². The summed E-state index contributed by atoms with van der Waals surface area (Å²) in [5.41, 5.74) is 2.23. The van der Waals surface area contributed by atoms with Gasteiger partial charge in [0.2, 0.25) is 0 Å². The summed E-state index contributed by atoms with van der Waals surface area (Å²) in [6.07, 6.45) is 3.12. The SMILES string of the molecule is CSc1cc(C)c(O)cc1CCN1CCNCC1. The van der Waals surface area contributed by atoms with Crippen LogP contribution in [0.25, 0.3) is 0 Å². The molecule has 1 heterocycles. The molecule has 1 aromatic carbocycles. The van der Waals surface area contributed by atoms with Crippen molar-refractivity contribution in [3.63, 3.8) is 0 Å². The van der Waals surface area contributed by atoms with Crippen molar-refractivity contribution in [3.05, 3.63) is 23.3 Å². The van der Waals surface area contributed by atoms with Gasteiger partial charge in [0.1, 0.15) is 5.75 Å². The number of nitrogens with one attached hydrogen (secondary N) is 1. The minimum Gasteiger partial charge on any atom is -0.508 e. The van der Waals surface area contributed by atoms with Crippen LogP contribution >= 0.6 is 11.8 Å². The predicted octanol–water partition coefficient (Wildman–Crippen LogP) is 1.87. The molecule has 2 rings (SSSR count). The van der Waals surface area contributed by atoms with Gasteiger partial charge in [-0.2, -0.15) is 0 Å². The quantitative estimate of drug-likeness (QED) is 0.816. The van der Waals surface area contributed by atoms with Crippen LogP contribution in [0, 0.1) is 6.92 Å². The molecule has 0 atom stereocenters. The van der Waals surface area contributed by atoms with Crippen molar-refractivity contribution in [3.8, 4) is 5.75 Å². The summed E-state index contributed by atoms with van der Waals surface area (Å²) in [6.45, 7) is 7.48. The molecule has 0 spiro atoms. The first-order chi connectivity index (χ1) is 8.70. The molecule has 18 heavy (non-hydrogen) atoms. The molecule has 0 radical (unpaired) electrons. The number of phenols is 1. The van der Waals surface area contributed by atoms with Gasteiger partial charge < -0.3 is 15.3 Å². The second-order valence-electron chi connectivity index (χ2n) is 4.79. The van der Waals surface area contributed by atoms with Gasteiger partial charge in [0.05, 0.1) is 0 Å². The number of hydrogen-bond donors (Lipinski definition) is 2. The minimum absolute atomic E-state index is 0.420. The maximum absolute atomic E-state index is 9.82. The van der Waals surface area contributed by atoms with E-state index in [0.29, 0.717) is 5.75 Å². The van der Waals surface area contributed by atoms with Crippen LogP contribution < -0.4 is 5.32 Å². The van der Waals surface area contributed by atoms with Gasteiger partial charge in [0.25, 0.3) is 0 Å². The summed E-state index contributed by atoms with van der Waals surface area (Å²) in [7, 11) is 0. The summed E-state index contributed by atoms with van der Waals surface area (Å²) >= 11 is 1.76. The molecule has 4 heteroatoms. The van der Waals surface area contributed by atoms with Gasteiger partial charge in [-0.05, 0) is 42.9 Å². The summed E-state index contributed by atoms with van der Waals surface area (Å²) < 4.78 is 0. The largest absolute Gasteiger partial charge is 0.508 e. The Balaban J connectivity index is 2.01. The Morgan fingerprint density at radius 3 is 2.72 bits per heavy atom. The molecule has 1 aliphatic rings. The summed E-state index contributed by atoms with van der Waals surface area (Å²) in [6, 6.07) is 4.02. The smallest absolute Gasteiger partial charge is 0.118 e. The number of piperazine rings is 1. The fraction of sp³-hybridized carbons (Fsp3) is 0.571. The van der Waals surface area contributed by atoms with Crippen LogP contribution in [0.15, 0.2) is 17.0 Å². The van der Waals surface area contributed by atoms with Gasteiger partial charge in [-0.25, -0.2) is 0 Å². The van der Waals surface area contributed by atoms with Gasteiger partial charge in [-0.15, -0.1) is 11.8 Å². The maximum atomic E-state index is 9.82. The topological polar surface area (TPSA) is 35.5 Å². The molecule has 0 amide bonds. The zero-order valence-electron chi connectivity index (χ0n) is 11.2. The first-order valence-corrected chi connectivity index (χ1v) is 7.72. The number of aryl methyl sites for hydroxylation is 1. The van der Waals surface area contributed by atoms with Gasteiger partial charge in [-0.3, -0.25) is 0 Å². The van der Waals surface area contributed by atoms with Crippen molar-refractivity contribution in [1.82, 2.24) is 10.2 Å². The molecule has 0 unspecified atom stereocenters. The summed E-state index contributed by atoms with van der Waals surface area (Å²) in [5.74, 6) is 0.420. The lowest BCUT2D eigenvalue weighted by Gasteiger charge is -2.27. The van der Waals surface area contributed by atoms with Crippen molar-refractivity contribution >= 4 is 11.8 Å². The van der Waals surface area contributed by atoms with E-state index in [1.165, 1.54) is 10.5 Å². The van der Waals surface area contributed by atoms with Crippen LogP contribution in [-0.4, -0.2) is 49.0 Å². The molecule has 1 fully saturated rings. The lowest BCUT2D eigenvalue weighted by atomic mass is 10.1. The molecule has 1 aromatic rings. The summed E-state index contributed by atoms with van der Waals surface area (Å²) in [4.78, 5) is 3.78. The Kier molecular flexibility index (Phi) is 4.92. The number of hydrogen-bond acceptors (Lipinski definition) is 4. The molecule has 2 N–H and O–H groups in total. The van der Waals surface area contributed by atoms with E-state index in [1.807, 2.05) is 13.0 Å². The third-order valence-corrected chi connectivity index (χ3v) is 4.33. The van der Waals surface area contributed by atoms with Gasteiger partial charge in [-0.1, -0.05) is 0 Å². The Morgan fingerprint density at radius 1 is 1.33 bits per heavy atom. The van der Waals surface area contributed by atoms with E-state index in [-0.39, 0.29) is 0 Å². The number of thioether (sulfide) groups is 1. The van der Waals surface area contributed by atoms with Crippen molar-refractivity contribution in [2.75, 3.05) is 39.0 Å². The summed E-state index contributed by atoms with van der Waals surface area (Å²) in [5, 5.41) is 13.2. The predicted molar refractivity (Wildman–Crippen MR) is 77.6 cm³/mol. The lowest BCUT2D eigenvalue weighted by Crippen LogP contribution is -2.44. The van der Waals surface area contributed by atoms with E-state index in [1.54, 1.807) is 11.8 Å². The van der Waals surface area contributed by atoms with E-state index in [0.717, 1.165) is 44.7 Å². The molecule has 0 aromatic heterocycles. The zero-order chi connectivity index (χ0) is 13.0. The number of aromatic hydroxyl groups is 1. The van der Waals surface area contributed by atoms with Crippen LogP contribution in [-0.2, 0) is 6.42 Å². The number of rotatable bonds is 4. The van der Waals surface area contributed by atoms with Crippen LogP contribution in [0.3, 0.4) is 0 Å². The Hall–Kier alpha value is -0.710.